The van der Waals surface area contributed by atoms with Gasteiger partial charge < -0.3 is 5.32 Å². The minimum atomic E-state index is -0.142. The summed E-state index contributed by atoms with van der Waals surface area (Å²) in [5.41, 5.74) is 4.12. The Morgan fingerprint density at radius 3 is 2.82 bits per heavy atom. The minimum Gasteiger partial charge on any atom is -0.320 e. The van der Waals surface area contributed by atoms with E-state index in [1.54, 1.807) is 10.9 Å². The molecule has 5 heteroatoms. The summed E-state index contributed by atoms with van der Waals surface area (Å²) in [5, 5.41) is 5.45. The highest BCUT2D eigenvalue weighted by Gasteiger charge is 2.15. The molecule has 2 aromatic rings. The number of nitrogens with zero attached hydrogens (tertiary/aromatic N) is 1. The van der Waals surface area contributed by atoms with Gasteiger partial charge in [-0.15, -0.1) is 23.1 Å². The van der Waals surface area contributed by atoms with Crippen LogP contribution in [0.15, 0.2) is 34.0 Å². The van der Waals surface area contributed by atoms with Gasteiger partial charge in [0, 0.05) is 21.2 Å². The number of hydrogen-bond acceptors (Lipinski definition) is 4. The first kappa shape index (κ1) is 15.6. The van der Waals surface area contributed by atoms with Crippen molar-refractivity contribution < 1.29 is 4.79 Å². The van der Waals surface area contributed by atoms with E-state index in [0.717, 1.165) is 16.5 Å². The molecule has 0 saturated heterocycles. The van der Waals surface area contributed by atoms with Crippen LogP contribution in [0.5, 0.6) is 0 Å². The van der Waals surface area contributed by atoms with Crippen LogP contribution in [0.2, 0.25) is 0 Å². The number of benzene rings is 1. The molecular formula is C17H20N2OS2. The van der Waals surface area contributed by atoms with Crippen LogP contribution < -0.4 is 5.32 Å². The molecule has 0 atom stereocenters. The molecular weight excluding hydrogens is 312 g/mol. The van der Waals surface area contributed by atoms with Crippen LogP contribution in [0.1, 0.15) is 48.2 Å². The number of aromatic nitrogens is 1. The first-order valence-electron chi connectivity index (χ1n) is 7.69. The maximum absolute atomic E-state index is 12.1. The van der Waals surface area contributed by atoms with Gasteiger partial charge >= 0.3 is 0 Å². The fraction of sp³-hybridized carbons (Fsp3) is 0.412. The van der Waals surface area contributed by atoms with Gasteiger partial charge in [-0.05, 0) is 43.5 Å². The Morgan fingerprint density at radius 1 is 1.32 bits per heavy atom. The van der Waals surface area contributed by atoms with Crippen molar-refractivity contribution >= 4 is 34.7 Å². The van der Waals surface area contributed by atoms with Crippen LogP contribution in [0.4, 0.5) is 5.69 Å². The number of anilines is 1. The summed E-state index contributed by atoms with van der Waals surface area (Å²) in [6.07, 6.45) is 6.76. The third kappa shape index (κ3) is 3.90. The molecule has 22 heavy (non-hydrogen) atoms. The maximum Gasteiger partial charge on any atom is 0.275 e. The highest BCUT2D eigenvalue weighted by Crippen LogP contribution is 2.34. The Morgan fingerprint density at radius 2 is 2.14 bits per heavy atom. The van der Waals surface area contributed by atoms with Crippen LogP contribution in [0.25, 0.3) is 0 Å². The molecule has 1 heterocycles. The molecule has 0 aliphatic heterocycles. The molecule has 0 unspecified atom stereocenters. The van der Waals surface area contributed by atoms with Gasteiger partial charge in [-0.25, -0.2) is 4.98 Å². The number of thiazole rings is 1. The molecule has 0 radical (unpaired) electrons. The smallest absolute Gasteiger partial charge is 0.275 e. The molecule has 1 aliphatic carbocycles. The Kier molecular flexibility index (Phi) is 5.16. The number of thioether (sulfide) groups is 1. The van der Waals surface area contributed by atoms with E-state index in [0.29, 0.717) is 5.69 Å². The number of carbonyl (C=O) groups excluding carboxylic acids is 1. The van der Waals surface area contributed by atoms with Crippen molar-refractivity contribution in [2.24, 2.45) is 0 Å². The minimum absolute atomic E-state index is 0.142. The first-order chi connectivity index (χ1) is 10.7. The summed E-state index contributed by atoms with van der Waals surface area (Å²) in [5.74, 6) is -0.142. The van der Waals surface area contributed by atoms with Crippen molar-refractivity contribution in [1.29, 1.82) is 0 Å². The highest BCUT2D eigenvalue weighted by molar-refractivity contribution is 8.00. The van der Waals surface area contributed by atoms with Crippen LogP contribution >= 0.6 is 23.1 Å². The molecule has 1 aliphatic rings. The zero-order valence-electron chi connectivity index (χ0n) is 12.7. The SMILES string of the molecule is Cc1cc(SC2CCCCC2)ccc1NC(=O)c1cscn1. The fourth-order valence-electron chi connectivity index (χ4n) is 2.74. The van der Waals surface area contributed by atoms with E-state index in [2.05, 4.69) is 22.4 Å². The van der Waals surface area contributed by atoms with E-state index in [1.807, 2.05) is 24.8 Å². The Hall–Kier alpha value is -1.33. The van der Waals surface area contributed by atoms with Crippen LogP contribution in [-0.4, -0.2) is 16.1 Å². The van der Waals surface area contributed by atoms with Crippen molar-refractivity contribution in [2.45, 2.75) is 49.2 Å². The number of aryl methyl sites for hydroxylation is 1. The Bertz CT molecular complexity index is 634. The van der Waals surface area contributed by atoms with Crippen molar-refractivity contribution in [2.75, 3.05) is 5.32 Å². The van der Waals surface area contributed by atoms with Crippen molar-refractivity contribution in [3.8, 4) is 0 Å². The van der Waals surface area contributed by atoms with Crippen molar-refractivity contribution in [3.05, 3.63) is 40.3 Å². The van der Waals surface area contributed by atoms with E-state index >= 15 is 0 Å². The van der Waals surface area contributed by atoms with Gasteiger partial charge in [0.2, 0.25) is 0 Å². The predicted octanol–water partition coefficient (Wildman–Crippen LogP) is 5.13. The summed E-state index contributed by atoms with van der Waals surface area (Å²) >= 11 is 3.41. The molecule has 116 valence electrons. The number of amides is 1. The Labute approximate surface area is 139 Å². The van der Waals surface area contributed by atoms with Crippen LogP contribution in [-0.2, 0) is 0 Å². The molecule has 1 aromatic carbocycles. The second-order valence-corrected chi connectivity index (χ2v) is 7.77. The monoisotopic (exact) mass is 332 g/mol. The molecule has 3 rings (SSSR count). The zero-order valence-corrected chi connectivity index (χ0v) is 14.3. The van der Waals surface area contributed by atoms with Crippen LogP contribution in [0, 0.1) is 6.92 Å². The summed E-state index contributed by atoms with van der Waals surface area (Å²) in [4.78, 5) is 17.4. The lowest BCUT2D eigenvalue weighted by atomic mass is 10.0. The second-order valence-electron chi connectivity index (χ2n) is 5.68. The standard InChI is InChI=1S/C17H20N2OS2/c1-12-9-14(22-13-5-3-2-4-6-13)7-8-15(12)19-17(20)16-10-21-11-18-16/h7-11,13H,2-6H2,1H3,(H,19,20). The van der Waals surface area contributed by atoms with E-state index in [9.17, 15) is 4.79 Å². The van der Waals surface area contributed by atoms with Gasteiger partial charge in [0.15, 0.2) is 0 Å². The molecule has 1 N–H and O–H groups in total. The summed E-state index contributed by atoms with van der Waals surface area (Å²) in [6.45, 7) is 2.04. The summed E-state index contributed by atoms with van der Waals surface area (Å²) in [7, 11) is 0. The van der Waals surface area contributed by atoms with Gasteiger partial charge in [-0.3, -0.25) is 4.79 Å². The van der Waals surface area contributed by atoms with Crippen molar-refractivity contribution in [3.63, 3.8) is 0 Å². The lowest BCUT2D eigenvalue weighted by molar-refractivity contribution is 0.102. The predicted molar refractivity (Wildman–Crippen MR) is 94.0 cm³/mol. The lowest BCUT2D eigenvalue weighted by Gasteiger charge is -2.21. The normalized spacial score (nSPS) is 15.7. The molecule has 0 spiro atoms. The highest BCUT2D eigenvalue weighted by atomic mass is 32.2. The fourth-order valence-corrected chi connectivity index (χ4v) is 4.61. The molecule has 0 bridgehead atoms. The van der Waals surface area contributed by atoms with Gasteiger partial charge in [0.1, 0.15) is 5.69 Å². The molecule has 3 nitrogen and oxygen atoms in total. The van der Waals surface area contributed by atoms with Crippen molar-refractivity contribution in [1.82, 2.24) is 4.98 Å². The zero-order chi connectivity index (χ0) is 15.4. The second kappa shape index (κ2) is 7.29. The topological polar surface area (TPSA) is 42.0 Å². The third-order valence-corrected chi connectivity index (χ3v) is 5.88. The number of carbonyl (C=O) groups is 1. The first-order valence-corrected chi connectivity index (χ1v) is 9.51. The van der Waals surface area contributed by atoms with Gasteiger partial charge in [-0.1, -0.05) is 19.3 Å². The van der Waals surface area contributed by atoms with E-state index in [1.165, 1.54) is 48.3 Å². The van der Waals surface area contributed by atoms with E-state index in [4.69, 9.17) is 0 Å². The Balaban J connectivity index is 1.65. The average molecular weight is 332 g/mol. The number of rotatable bonds is 4. The lowest BCUT2D eigenvalue weighted by Crippen LogP contribution is -2.13. The molecule has 1 amide bonds. The third-order valence-electron chi connectivity index (χ3n) is 3.97. The van der Waals surface area contributed by atoms with Gasteiger partial charge in [0.05, 0.1) is 5.51 Å². The summed E-state index contributed by atoms with van der Waals surface area (Å²) in [6, 6.07) is 6.30. The molecule has 1 saturated carbocycles. The average Bonchev–Trinajstić information content (AvgIpc) is 3.05. The van der Waals surface area contributed by atoms with E-state index < -0.39 is 0 Å². The van der Waals surface area contributed by atoms with Gasteiger partial charge in [-0.2, -0.15) is 0 Å². The van der Waals surface area contributed by atoms with Gasteiger partial charge in [0.25, 0.3) is 5.91 Å². The number of hydrogen-bond donors (Lipinski definition) is 1. The maximum atomic E-state index is 12.1. The molecule has 1 aromatic heterocycles. The van der Waals surface area contributed by atoms with Crippen LogP contribution in [0.3, 0.4) is 0 Å². The number of nitrogens with one attached hydrogen (secondary N) is 1. The largest absolute Gasteiger partial charge is 0.320 e. The molecule has 1 fully saturated rings. The quantitative estimate of drug-likeness (QED) is 0.844. The summed E-state index contributed by atoms with van der Waals surface area (Å²) < 4.78 is 0. The van der Waals surface area contributed by atoms with E-state index in [-0.39, 0.29) is 5.91 Å².